The van der Waals surface area contributed by atoms with Crippen molar-refractivity contribution in [3.63, 3.8) is 0 Å². The normalized spacial score (nSPS) is 15.2. The molecule has 0 N–H and O–H groups in total. The zero-order valence-corrected chi connectivity index (χ0v) is 13.4. The Morgan fingerprint density at radius 3 is 3.00 bits per heavy atom. The van der Waals surface area contributed by atoms with Gasteiger partial charge in [-0.2, -0.15) is 16.3 Å². The molecule has 0 saturated heterocycles. The monoisotopic (exact) mass is 315 g/mol. The van der Waals surface area contributed by atoms with E-state index in [1.54, 1.807) is 11.3 Å². The number of thiophene rings is 1. The first-order valence-electron chi connectivity index (χ1n) is 7.31. The van der Waals surface area contributed by atoms with Crippen molar-refractivity contribution in [1.29, 1.82) is 0 Å². The predicted molar refractivity (Wildman–Crippen MR) is 83.4 cm³/mol. The average molecular weight is 315 g/mol. The van der Waals surface area contributed by atoms with Gasteiger partial charge in [-0.15, -0.1) is 0 Å². The summed E-state index contributed by atoms with van der Waals surface area (Å²) in [6, 6.07) is 2.00. The van der Waals surface area contributed by atoms with Crippen LogP contribution in [0.3, 0.4) is 0 Å². The zero-order valence-electron chi connectivity index (χ0n) is 12.6. The molecule has 6 nitrogen and oxygen atoms in total. The topological polar surface area (TPSA) is 60.0 Å². The zero-order chi connectivity index (χ0) is 15.1. The van der Waals surface area contributed by atoms with Crippen molar-refractivity contribution in [2.45, 2.75) is 33.5 Å². The van der Waals surface area contributed by atoms with Crippen LogP contribution in [-0.4, -0.2) is 31.1 Å². The van der Waals surface area contributed by atoms with Crippen molar-refractivity contribution in [3.8, 4) is 11.4 Å². The SMILES string of the molecule is Cc1nc2n(c1C)CCN(Cc1nc(-c3ccsc3)no1)C2. The molecule has 4 rings (SSSR count). The minimum Gasteiger partial charge on any atom is -0.338 e. The van der Waals surface area contributed by atoms with Crippen LogP contribution in [0.4, 0.5) is 0 Å². The van der Waals surface area contributed by atoms with Crippen LogP contribution in [0.1, 0.15) is 23.1 Å². The van der Waals surface area contributed by atoms with Crippen LogP contribution < -0.4 is 0 Å². The molecule has 4 heterocycles. The summed E-state index contributed by atoms with van der Waals surface area (Å²) in [5.41, 5.74) is 3.40. The molecule has 0 unspecified atom stereocenters. The third kappa shape index (κ3) is 2.36. The lowest BCUT2D eigenvalue weighted by atomic mass is 10.3. The van der Waals surface area contributed by atoms with Gasteiger partial charge in [-0.3, -0.25) is 4.90 Å². The maximum atomic E-state index is 5.38. The molecule has 3 aromatic heterocycles. The van der Waals surface area contributed by atoms with E-state index in [1.807, 2.05) is 16.8 Å². The van der Waals surface area contributed by atoms with E-state index in [2.05, 4.69) is 38.4 Å². The van der Waals surface area contributed by atoms with Crippen LogP contribution in [0.5, 0.6) is 0 Å². The van der Waals surface area contributed by atoms with Gasteiger partial charge in [0.1, 0.15) is 5.82 Å². The van der Waals surface area contributed by atoms with E-state index >= 15 is 0 Å². The van der Waals surface area contributed by atoms with Gasteiger partial charge in [-0.1, -0.05) is 5.16 Å². The molecule has 0 aromatic carbocycles. The van der Waals surface area contributed by atoms with Crippen LogP contribution in [0.2, 0.25) is 0 Å². The molecule has 0 radical (unpaired) electrons. The number of hydrogen-bond acceptors (Lipinski definition) is 6. The Hall–Kier alpha value is -1.99. The van der Waals surface area contributed by atoms with Gasteiger partial charge in [0, 0.05) is 29.7 Å². The number of hydrogen-bond donors (Lipinski definition) is 0. The van der Waals surface area contributed by atoms with Crippen molar-refractivity contribution >= 4 is 11.3 Å². The van der Waals surface area contributed by atoms with Crippen molar-refractivity contribution < 1.29 is 4.52 Å². The third-order valence-electron chi connectivity index (χ3n) is 4.15. The standard InChI is InChI=1S/C15H17N5OS/c1-10-11(2)20-5-4-19(7-13(20)16-10)8-14-17-15(18-21-14)12-3-6-22-9-12/h3,6,9H,4-5,7-8H2,1-2H3. The van der Waals surface area contributed by atoms with E-state index in [0.717, 1.165) is 36.7 Å². The maximum Gasteiger partial charge on any atom is 0.241 e. The van der Waals surface area contributed by atoms with E-state index < -0.39 is 0 Å². The van der Waals surface area contributed by atoms with Crippen molar-refractivity contribution in [3.05, 3.63) is 39.9 Å². The number of imidazole rings is 1. The fourth-order valence-corrected chi connectivity index (χ4v) is 3.45. The molecule has 3 aromatic rings. The lowest BCUT2D eigenvalue weighted by Crippen LogP contribution is -2.33. The Labute approximate surface area is 132 Å². The number of aromatic nitrogens is 4. The van der Waals surface area contributed by atoms with Crippen LogP contribution in [-0.2, 0) is 19.6 Å². The van der Waals surface area contributed by atoms with Gasteiger partial charge in [0.25, 0.3) is 0 Å². The Balaban J connectivity index is 1.48. The van der Waals surface area contributed by atoms with Crippen LogP contribution in [0.25, 0.3) is 11.4 Å². The van der Waals surface area contributed by atoms with Gasteiger partial charge in [-0.25, -0.2) is 4.98 Å². The first kappa shape index (κ1) is 13.7. The fraction of sp³-hybridized carbons (Fsp3) is 0.400. The number of fused-ring (bicyclic) bond motifs is 1. The fourth-order valence-electron chi connectivity index (χ4n) is 2.82. The molecule has 0 saturated carbocycles. The van der Waals surface area contributed by atoms with Crippen molar-refractivity contribution in [2.75, 3.05) is 6.54 Å². The third-order valence-corrected chi connectivity index (χ3v) is 4.83. The lowest BCUT2D eigenvalue weighted by molar-refractivity contribution is 0.182. The molecule has 0 aliphatic carbocycles. The summed E-state index contributed by atoms with van der Waals surface area (Å²) in [5, 5.41) is 8.10. The molecule has 0 bridgehead atoms. The number of aryl methyl sites for hydroxylation is 1. The second-order valence-corrected chi connectivity index (χ2v) is 6.36. The lowest BCUT2D eigenvalue weighted by Gasteiger charge is -2.26. The summed E-state index contributed by atoms with van der Waals surface area (Å²) in [6.45, 7) is 7.63. The van der Waals surface area contributed by atoms with Gasteiger partial charge >= 0.3 is 0 Å². The van der Waals surface area contributed by atoms with E-state index in [4.69, 9.17) is 4.52 Å². The summed E-state index contributed by atoms with van der Waals surface area (Å²) in [4.78, 5) is 11.4. The molecule has 114 valence electrons. The molecule has 1 aliphatic rings. The van der Waals surface area contributed by atoms with E-state index in [9.17, 15) is 0 Å². The predicted octanol–water partition coefficient (Wildman–Crippen LogP) is 2.63. The van der Waals surface area contributed by atoms with Crippen LogP contribution in [0, 0.1) is 13.8 Å². The Morgan fingerprint density at radius 2 is 2.18 bits per heavy atom. The smallest absolute Gasteiger partial charge is 0.241 e. The van der Waals surface area contributed by atoms with Gasteiger partial charge in [0.15, 0.2) is 0 Å². The highest BCUT2D eigenvalue weighted by molar-refractivity contribution is 7.08. The Bertz CT molecular complexity index is 789. The minimum absolute atomic E-state index is 0.662. The van der Waals surface area contributed by atoms with Crippen molar-refractivity contribution in [1.82, 2.24) is 24.6 Å². The molecule has 0 spiro atoms. The number of rotatable bonds is 3. The molecule has 0 fully saturated rings. The Morgan fingerprint density at radius 1 is 1.27 bits per heavy atom. The molecule has 22 heavy (non-hydrogen) atoms. The average Bonchev–Trinajstić information content (AvgIpc) is 3.21. The number of nitrogens with zero attached hydrogens (tertiary/aromatic N) is 5. The summed E-state index contributed by atoms with van der Waals surface area (Å²) < 4.78 is 7.68. The molecule has 7 heteroatoms. The summed E-state index contributed by atoms with van der Waals surface area (Å²) in [7, 11) is 0. The molecule has 0 amide bonds. The van der Waals surface area contributed by atoms with Gasteiger partial charge in [0.2, 0.25) is 11.7 Å². The van der Waals surface area contributed by atoms with Gasteiger partial charge in [0.05, 0.1) is 18.8 Å². The molecule has 0 atom stereocenters. The van der Waals surface area contributed by atoms with Crippen LogP contribution >= 0.6 is 11.3 Å². The Kier molecular flexibility index (Phi) is 3.31. The highest BCUT2D eigenvalue weighted by Gasteiger charge is 2.22. The van der Waals surface area contributed by atoms with E-state index in [-0.39, 0.29) is 0 Å². The second-order valence-electron chi connectivity index (χ2n) is 5.58. The van der Waals surface area contributed by atoms with Crippen LogP contribution in [0.15, 0.2) is 21.3 Å². The van der Waals surface area contributed by atoms with Gasteiger partial charge < -0.3 is 9.09 Å². The first-order valence-corrected chi connectivity index (χ1v) is 8.25. The van der Waals surface area contributed by atoms with Crippen molar-refractivity contribution in [2.24, 2.45) is 0 Å². The first-order chi connectivity index (χ1) is 10.7. The highest BCUT2D eigenvalue weighted by Crippen LogP contribution is 2.21. The summed E-state index contributed by atoms with van der Waals surface area (Å²) in [6.07, 6.45) is 0. The molecular formula is C15H17N5OS. The largest absolute Gasteiger partial charge is 0.338 e. The van der Waals surface area contributed by atoms with Gasteiger partial charge in [-0.05, 0) is 25.3 Å². The summed E-state index contributed by atoms with van der Waals surface area (Å²) >= 11 is 1.63. The second kappa shape index (κ2) is 5.33. The quantitative estimate of drug-likeness (QED) is 0.743. The highest BCUT2D eigenvalue weighted by atomic mass is 32.1. The molecular weight excluding hydrogens is 298 g/mol. The maximum absolute atomic E-state index is 5.38. The minimum atomic E-state index is 0.662. The van der Waals surface area contributed by atoms with E-state index in [0.29, 0.717) is 18.3 Å². The summed E-state index contributed by atoms with van der Waals surface area (Å²) in [5.74, 6) is 2.45. The molecule has 1 aliphatic heterocycles. The van der Waals surface area contributed by atoms with E-state index in [1.165, 1.54) is 5.69 Å².